The van der Waals surface area contributed by atoms with E-state index in [4.69, 9.17) is 0 Å². The van der Waals surface area contributed by atoms with Crippen LogP contribution in [0.15, 0.2) is 24.4 Å². The van der Waals surface area contributed by atoms with E-state index in [0.717, 1.165) is 25.5 Å². The molecule has 1 fully saturated rings. The van der Waals surface area contributed by atoms with Crippen molar-refractivity contribution in [2.24, 2.45) is 0 Å². The van der Waals surface area contributed by atoms with Gasteiger partial charge >= 0.3 is 0 Å². The second kappa shape index (κ2) is 4.42. The zero-order valence-corrected chi connectivity index (χ0v) is 8.69. The van der Waals surface area contributed by atoms with Gasteiger partial charge in [0.05, 0.1) is 0 Å². The smallest absolute Gasteiger partial charge is 0.128 e. The average molecular weight is 191 g/mol. The molecule has 2 rings (SSSR count). The van der Waals surface area contributed by atoms with Gasteiger partial charge in [0.25, 0.3) is 0 Å². The first-order chi connectivity index (χ1) is 6.86. The molecule has 0 amide bonds. The van der Waals surface area contributed by atoms with Gasteiger partial charge in [0.2, 0.25) is 0 Å². The summed E-state index contributed by atoms with van der Waals surface area (Å²) in [5.41, 5.74) is 0. The first-order valence-electron chi connectivity index (χ1n) is 5.21. The van der Waals surface area contributed by atoms with Crippen molar-refractivity contribution in [1.29, 1.82) is 0 Å². The van der Waals surface area contributed by atoms with Crippen molar-refractivity contribution in [3.8, 4) is 0 Å². The third-order valence-electron chi connectivity index (χ3n) is 2.69. The molecule has 0 saturated carbocycles. The van der Waals surface area contributed by atoms with E-state index in [9.17, 15) is 0 Å². The highest BCUT2D eigenvalue weighted by Gasteiger charge is 2.12. The van der Waals surface area contributed by atoms with Crippen LogP contribution in [0.25, 0.3) is 0 Å². The molecule has 1 saturated heterocycles. The lowest BCUT2D eigenvalue weighted by Gasteiger charge is -2.21. The number of hydrogen-bond donors (Lipinski definition) is 0. The van der Waals surface area contributed by atoms with Crippen LogP contribution in [0.5, 0.6) is 0 Å². The molecule has 1 aliphatic heterocycles. The molecule has 1 aromatic rings. The molecule has 76 valence electrons. The van der Waals surface area contributed by atoms with E-state index >= 15 is 0 Å². The highest BCUT2D eigenvalue weighted by molar-refractivity contribution is 5.37. The van der Waals surface area contributed by atoms with E-state index in [1.165, 1.54) is 13.0 Å². The van der Waals surface area contributed by atoms with E-state index in [1.54, 1.807) is 0 Å². The van der Waals surface area contributed by atoms with Gasteiger partial charge in [0, 0.05) is 25.8 Å². The summed E-state index contributed by atoms with van der Waals surface area (Å²) >= 11 is 0. The molecule has 1 aliphatic rings. The van der Waals surface area contributed by atoms with E-state index in [2.05, 4.69) is 34.0 Å². The van der Waals surface area contributed by atoms with Crippen molar-refractivity contribution in [1.82, 2.24) is 9.88 Å². The van der Waals surface area contributed by atoms with Crippen LogP contribution in [0.3, 0.4) is 0 Å². The molecule has 0 spiro atoms. The summed E-state index contributed by atoms with van der Waals surface area (Å²) in [6.45, 7) is 4.55. The summed E-state index contributed by atoms with van der Waals surface area (Å²) in [5.74, 6) is 1.11. The molecule has 0 bridgehead atoms. The molecular weight excluding hydrogens is 174 g/mol. The van der Waals surface area contributed by atoms with Crippen LogP contribution in [0.4, 0.5) is 5.82 Å². The number of hydrogen-bond acceptors (Lipinski definition) is 3. The number of likely N-dealkylation sites (N-methyl/N-ethyl adjacent to an activating group) is 1. The van der Waals surface area contributed by atoms with Crippen LogP contribution in [-0.4, -0.2) is 43.1 Å². The van der Waals surface area contributed by atoms with E-state index in [1.807, 2.05) is 12.3 Å². The number of nitrogens with zero attached hydrogens (tertiary/aromatic N) is 3. The Balaban J connectivity index is 2.04. The van der Waals surface area contributed by atoms with Gasteiger partial charge in [-0.05, 0) is 32.1 Å². The Hall–Kier alpha value is -1.09. The fraction of sp³-hybridized carbons (Fsp3) is 0.545. The quantitative estimate of drug-likeness (QED) is 0.665. The zero-order chi connectivity index (χ0) is 9.80. The third-order valence-corrected chi connectivity index (χ3v) is 2.69. The van der Waals surface area contributed by atoms with Gasteiger partial charge in [-0.3, -0.25) is 0 Å². The van der Waals surface area contributed by atoms with Gasteiger partial charge in [-0.2, -0.15) is 0 Å². The summed E-state index contributed by atoms with van der Waals surface area (Å²) < 4.78 is 0. The maximum Gasteiger partial charge on any atom is 0.128 e. The SMILES string of the molecule is CN1CCCN(c2ccccn2)CC1. The topological polar surface area (TPSA) is 19.4 Å². The summed E-state index contributed by atoms with van der Waals surface area (Å²) in [6, 6.07) is 6.11. The van der Waals surface area contributed by atoms with Crippen molar-refractivity contribution in [2.75, 3.05) is 38.1 Å². The highest BCUT2D eigenvalue weighted by atomic mass is 15.2. The second-order valence-electron chi connectivity index (χ2n) is 3.83. The van der Waals surface area contributed by atoms with E-state index in [0.29, 0.717) is 0 Å². The molecule has 0 radical (unpaired) electrons. The molecule has 0 aliphatic carbocycles. The monoisotopic (exact) mass is 191 g/mol. The largest absolute Gasteiger partial charge is 0.355 e. The van der Waals surface area contributed by atoms with Crippen LogP contribution >= 0.6 is 0 Å². The first-order valence-corrected chi connectivity index (χ1v) is 5.21. The van der Waals surface area contributed by atoms with Crippen molar-refractivity contribution in [3.05, 3.63) is 24.4 Å². The van der Waals surface area contributed by atoms with Gasteiger partial charge in [-0.1, -0.05) is 6.07 Å². The lowest BCUT2D eigenvalue weighted by Crippen LogP contribution is -2.29. The van der Waals surface area contributed by atoms with Crippen molar-refractivity contribution in [2.45, 2.75) is 6.42 Å². The second-order valence-corrected chi connectivity index (χ2v) is 3.83. The van der Waals surface area contributed by atoms with Crippen LogP contribution in [0.2, 0.25) is 0 Å². The number of rotatable bonds is 1. The van der Waals surface area contributed by atoms with Gasteiger partial charge in [0.1, 0.15) is 5.82 Å². The molecule has 0 aromatic carbocycles. The van der Waals surface area contributed by atoms with Crippen molar-refractivity contribution >= 4 is 5.82 Å². The lowest BCUT2D eigenvalue weighted by atomic mass is 10.3. The number of pyridine rings is 1. The average Bonchev–Trinajstić information content (AvgIpc) is 2.44. The zero-order valence-electron chi connectivity index (χ0n) is 8.69. The fourth-order valence-electron chi connectivity index (χ4n) is 1.82. The minimum atomic E-state index is 1.09. The predicted octanol–water partition coefficient (Wildman–Crippen LogP) is 1.22. The van der Waals surface area contributed by atoms with Crippen LogP contribution in [0, 0.1) is 0 Å². The summed E-state index contributed by atoms with van der Waals surface area (Å²) in [7, 11) is 2.18. The number of anilines is 1. The Morgan fingerprint density at radius 2 is 2.07 bits per heavy atom. The highest BCUT2D eigenvalue weighted by Crippen LogP contribution is 2.11. The summed E-state index contributed by atoms with van der Waals surface area (Å²) in [4.78, 5) is 9.12. The Morgan fingerprint density at radius 1 is 1.14 bits per heavy atom. The third kappa shape index (κ3) is 2.23. The maximum absolute atomic E-state index is 4.38. The minimum absolute atomic E-state index is 1.09. The summed E-state index contributed by atoms with van der Waals surface area (Å²) in [6.07, 6.45) is 3.09. The molecule has 3 nitrogen and oxygen atoms in total. The van der Waals surface area contributed by atoms with E-state index < -0.39 is 0 Å². The van der Waals surface area contributed by atoms with Gasteiger partial charge in [-0.15, -0.1) is 0 Å². The lowest BCUT2D eigenvalue weighted by molar-refractivity contribution is 0.360. The van der Waals surface area contributed by atoms with Crippen molar-refractivity contribution in [3.63, 3.8) is 0 Å². The Morgan fingerprint density at radius 3 is 2.86 bits per heavy atom. The molecule has 14 heavy (non-hydrogen) atoms. The van der Waals surface area contributed by atoms with Crippen LogP contribution < -0.4 is 4.90 Å². The van der Waals surface area contributed by atoms with E-state index in [-0.39, 0.29) is 0 Å². The minimum Gasteiger partial charge on any atom is -0.355 e. The maximum atomic E-state index is 4.38. The standard InChI is InChI=1S/C11H17N3/c1-13-7-4-8-14(10-9-13)11-5-2-3-6-12-11/h2-3,5-6H,4,7-10H2,1H3. The molecular formula is C11H17N3. The molecule has 0 atom stereocenters. The Bertz CT molecular complexity index is 273. The first kappa shape index (κ1) is 9.46. The molecule has 0 unspecified atom stereocenters. The predicted molar refractivity (Wildman–Crippen MR) is 58.6 cm³/mol. The van der Waals surface area contributed by atoms with Crippen LogP contribution in [0.1, 0.15) is 6.42 Å². The van der Waals surface area contributed by atoms with Crippen LogP contribution in [-0.2, 0) is 0 Å². The Labute approximate surface area is 85.4 Å². The normalized spacial score (nSPS) is 19.4. The molecule has 3 heteroatoms. The van der Waals surface area contributed by atoms with Crippen molar-refractivity contribution < 1.29 is 0 Å². The Kier molecular flexibility index (Phi) is 2.99. The summed E-state index contributed by atoms with van der Waals surface area (Å²) in [5, 5.41) is 0. The number of aromatic nitrogens is 1. The van der Waals surface area contributed by atoms with Gasteiger partial charge in [-0.25, -0.2) is 4.98 Å². The van der Waals surface area contributed by atoms with Gasteiger partial charge < -0.3 is 9.80 Å². The van der Waals surface area contributed by atoms with Gasteiger partial charge in [0.15, 0.2) is 0 Å². The molecule has 1 aromatic heterocycles. The fourth-order valence-corrected chi connectivity index (χ4v) is 1.82. The molecule has 0 N–H and O–H groups in total. The molecule has 2 heterocycles.